The number of para-hydroxylation sites is 2. The summed E-state index contributed by atoms with van der Waals surface area (Å²) >= 11 is 0. The number of aromatic nitrogens is 4. The zero-order chi connectivity index (χ0) is 35.5. The minimum absolute atomic E-state index is 0.0879. The highest BCUT2D eigenvalue weighted by Crippen LogP contribution is 2.31. The molecule has 1 unspecified atom stereocenters. The van der Waals surface area contributed by atoms with Crippen LogP contribution < -0.4 is 15.9 Å². The third kappa shape index (κ3) is 7.62. The van der Waals surface area contributed by atoms with Crippen LogP contribution in [0.3, 0.4) is 0 Å². The van der Waals surface area contributed by atoms with Crippen LogP contribution in [0.4, 0.5) is 24.9 Å². The maximum Gasteiger partial charge on any atom is 0.491 e. The number of esters is 2. The van der Waals surface area contributed by atoms with Crippen molar-refractivity contribution in [2.45, 2.75) is 38.0 Å². The van der Waals surface area contributed by atoms with Gasteiger partial charge in [-0.3, -0.25) is 9.36 Å². The van der Waals surface area contributed by atoms with Gasteiger partial charge in [-0.2, -0.15) is 18.2 Å². The summed E-state index contributed by atoms with van der Waals surface area (Å²) < 4.78 is 44.8. The Morgan fingerprint density at radius 1 is 0.902 bits per heavy atom. The molecule has 0 spiro atoms. The van der Waals surface area contributed by atoms with Crippen LogP contribution in [0.25, 0.3) is 32.9 Å². The van der Waals surface area contributed by atoms with Gasteiger partial charge in [-0.05, 0) is 53.3 Å². The summed E-state index contributed by atoms with van der Waals surface area (Å²) in [7, 11) is 0. The van der Waals surface area contributed by atoms with Gasteiger partial charge < -0.3 is 19.9 Å². The van der Waals surface area contributed by atoms with Crippen LogP contribution in [0, 0.1) is 5.92 Å². The quantitative estimate of drug-likeness (QED) is 0.130. The predicted molar refractivity (Wildman–Crippen MR) is 187 cm³/mol. The number of H-pyrrole nitrogens is 1. The van der Waals surface area contributed by atoms with Crippen molar-refractivity contribution in [2.24, 2.45) is 5.92 Å². The number of rotatable bonds is 9. The molecule has 0 radical (unpaired) electrons. The fraction of sp³-hybridized carbons (Fsp3) is 0.237. The van der Waals surface area contributed by atoms with Gasteiger partial charge in [0.15, 0.2) is 0 Å². The average molecular weight is 695 g/mol. The van der Waals surface area contributed by atoms with Crippen molar-refractivity contribution in [3.05, 3.63) is 119 Å². The number of halogens is 3. The summed E-state index contributed by atoms with van der Waals surface area (Å²) in [6.45, 7) is 0.807. The molecule has 1 saturated heterocycles. The maximum absolute atomic E-state index is 13.6. The van der Waals surface area contributed by atoms with E-state index < -0.39 is 29.7 Å². The first-order valence-electron chi connectivity index (χ1n) is 16.5. The van der Waals surface area contributed by atoms with Crippen molar-refractivity contribution in [3.8, 4) is 11.1 Å². The number of piperidine rings is 1. The molecule has 4 aromatic carbocycles. The fourth-order valence-corrected chi connectivity index (χ4v) is 6.47. The lowest BCUT2D eigenvalue weighted by Crippen LogP contribution is -2.41. The molecule has 260 valence electrons. The molecule has 0 amide bonds. The largest absolute Gasteiger partial charge is 0.491 e. The molecule has 0 aliphatic carbocycles. The first-order valence-corrected chi connectivity index (χ1v) is 16.5. The summed E-state index contributed by atoms with van der Waals surface area (Å²) in [5, 5.41) is 5.27. The second-order valence-electron chi connectivity index (χ2n) is 12.6. The summed E-state index contributed by atoms with van der Waals surface area (Å²) in [6, 6.07) is 30.1. The van der Waals surface area contributed by atoms with Gasteiger partial charge in [0.2, 0.25) is 5.95 Å². The summed E-state index contributed by atoms with van der Waals surface area (Å²) in [6.07, 6.45) is -2.40. The molecule has 2 aromatic heterocycles. The lowest BCUT2D eigenvalue weighted by molar-refractivity contribution is -0.203. The zero-order valence-electron chi connectivity index (χ0n) is 27.3. The average Bonchev–Trinajstić information content (AvgIpc) is 3.54. The Kier molecular flexibility index (Phi) is 9.26. The number of anilines is 2. The second-order valence-corrected chi connectivity index (χ2v) is 12.6. The van der Waals surface area contributed by atoms with Gasteiger partial charge in [0.25, 0.3) is 0 Å². The van der Waals surface area contributed by atoms with Crippen molar-refractivity contribution >= 4 is 45.5 Å². The predicted octanol–water partition coefficient (Wildman–Crippen LogP) is 6.51. The van der Waals surface area contributed by atoms with Crippen molar-refractivity contribution in [2.75, 3.05) is 23.3 Å². The van der Waals surface area contributed by atoms with Gasteiger partial charge in [-0.25, -0.2) is 14.6 Å². The lowest BCUT2D eigenvalue weighted by atomic mass is 9.96. The van der Waals surface area contributed by atoms with E-state index >= 15 is 0 Å². The molecule has 13 heteroatoms. The highest BCUT2D eigenvalue weighted by Gasteiger charge is 2.43. The first kappa shape index (κ1) is 33.5. The number of hydrogen-bond donors (Lipinski definition) is 2. The van der Waals surface area contributed by atoms with Crippen LogP contribution in [0.15, 0.2) is 108 Å². The molecule has 1 fully saturated rings. The Balaban J connectivity index is 1.16. The molecule has 2 N–H and O–H groups in total. The smallest absolute Gasteiger partial charge is 0.386 e. The van der Waals surface area contributed by atoms with E-state index in [1.165, 1.54) is 4.57 Å². The zero-order valence-corrected chi connectivity index (χ0v) is 27.3. The summed E-state index contributed by atoms with van der Waals surface area (Å²) in [5.74, 6) is -4.16. The molecule has 10 nitrogen and oxygen atoms in total. The molecule has 1 aliphatic rings. The minimum Gasteiger partial charge on any atom is -0.386 e. The molecular formula is C38H33F3N6O4. The SMILES string of the molecule is O=C(OC(=O)C(F)(F)F)C(Cc1ccc2ccccc2c1)Cn1cc(-c2ccccc2)c(N2CCC(Nc3nc4ccccc4[nH]3)CC2)nc1=O. The number of nitrogens with zero attached hydrogens (tertiary/aromatic N) is 4. The van der Waals surface area contributed by atoms with Gasteiger partial charge >= 0.3 is 23.8 Å². The van der Waals surface area contributed by atoms with E-state index in [0.29, 0.717) is 36.0 Å². The fourth-order valence-electron chi connectivity index (χ4n) is 6.47. The molecule has 0 bridgehead atoms. The molecule has 51 heavy (non-hydrogen) atoms. The Bertz CT molecular complexity index is 2230. The van der Waals surface area contributed by atoms with Crippen LogP contribution in [0.5, 0.6) is 0 Å². The molecule has 1 aliphatic heterocycles. The van der Waals surface area contributed by atoms with Crippen LogP contribution in [-0.4, -0.2) is 56.8 Å². The number of hydrogen-bond acceptors (Lipinski definition) is 8. The normalized spacial score (nSPS) is 14.5. The number of imidazole rings is 1. The van der Waals surface area contributed by atoms with Crippen molar-refractivity contribution in [1.29, 1.82) is 0 Å². The number of benzene rings is 4. The van der Waals surface area contributed by atoms with Crippen molar-refractivity contribution in [1.82, 2.24) is 19.5 Å². The third-order valence-corrected chi connectivity index (χ3v) is 9.05. The van der Waals surface area contributed by atoms with Crippen molar-refractivity contribution < 1.29 is 27.5 Å². The molecule has 3 heterocycles. The van der Waals surface area contributed by atoms with Gasteiger partial charge in [-0.1, -0.05) is 84.9 Å². The van der Waals surface area contributed by atoms with E-state index in [1.807, 2.05) is 95.9 Å². The Morgan fingerprint density at radius 2 is 1.61 bits per heavy atom. The first-order chi connectivity index (χ1) is 24.6. The van der Waals surface area contributed by atoms with E-state index in [2.05, 4.69) is 25.0 Å². The number of aromatic amines is 1. The topological polar surface area (TPSA) is 122 Å². The van der Waals surface area contributed by atoms with Crippen LogP contribution in [-0.2, 0) is 27.3 Å². The molecule has 7 rings (SSSR count). The number of carbonyl (C=O) groups excluding carboxylic acids is 2. The highest BCUT2D eigenvalue weighted by atomic mass is 19.4. The molecular weight excluding hydrogens is 661 g/mol. The van der Waals surface area contributed by atoms with E-state index in [-0.39, 0.29) is 19.0 Å². The minimum atomic E-state index is -5.36. The molecule has 6 aromatic rings. The van der Waals surface area contributed by atoms with Crippen LogP contribution in [0.2, 0.25) is 0 Å². The van der Waals surface area contributed by atoms with E-state index in [9.17, 15) is 27.6 Å². The van der Waals surface area contributed by atoms with Crippen LogP contribution >= 0.6 is 0 Å². The molecule has 1 atom stereocenters. The molecule has 0 saturated carbocycles. The Morgan fingerprint density at radius 3 is 2.35 bits per heavy atom. The van der Waals surface area contributed by atoms with Gasteiger partial charge in [0.1, 0.15) is 5.82 Å². The Hall–Kier alpha value is -5.98. The van der Waals surface area contributed by atoms with Gasteiger partial charge in [-0.15, -0.1) is 0 Å². The van der Waals surface area contributed by atoms with E-state index in [1.54, 1.807) is 12.3 Å². The second kappa shape index (κ2) is 14.1. The number of fused-ring (bicyclic) bond motifs is 2. The van der Waals surface area contributed by atoms with E-state index in [0.717, 1.165) is 40.2 Å². The van der Waals surface area contributed by atoms with Gasteiger partial charge in [0.05, 0.1) is 17.0 Å². The summed E-state index contributed by atoms with van der Waals surface area (Å²) in [4.78, 5) is 52.9. The third-order valence-electron chi connectivity index (χ3n) is 9.05. The number of ether oxygens (including phenoxy) is 1. The highest BCUT2D eigenvalue weighted by molar-refractivity contribution is 5.90. The summed E-state index contributed by atoms with van der Waals surface area (Å²) in [5.41, 5.74) is 3.12. The number of nitrogens with one attached hydrogen (secondary N) is 2. The lowest BCUT2D eigenvalue weighted by Gasteiger charge is -2.34. The maximum atomic E-state index is 13.6. The monoisotopic (exact) mass is 694 g/mol. The standard InChI is InChI=1S/C38H33F3N6O4/c39-38(40,41)35(49)51-34(48)28(21-24-14-15-25-8-4-5-11-27(25)20-24)22-47-23-30(26-9-2-1-3-10-26)33(45-37(47)50)46-18-16-29(17-19-46)42-36-43-31-12-6-7-13-32(31)44-36/h1-15,20,23,28-29H,16-19,21-22H2,(H2,42,43,44). The van der Waals surface area contributed by atoms with E-state index in [4.69, 9.17) is 0 Å². The number of alkyl halides is 3. The van der Waals surface area contributed by atoms with Crippen molar-refractivity contribution in [3.63, 3.8) is 0 Å². The van der Waals surface area contributed by atoms with Gasteiger partial charge in [0, 0.05) is 37.4 Å². The number of carbonyl (C=O) groups is 2. The Labute approximate surface area is 289 Å². The van der Waals surface area contributed by atoms with Crippen LogP contribution in [0.1, 0.15) is 18.4 Å².